The Morgan fingerprint density at radius 3 is 2.55 bits per heavy atom. The van der Waals surface area contributed by atoms with Crippen molar-refractivity contribution >= 4 is 17.3 Å². The van der Waals surface area contributed by atoms with Gasteiger partial charge in [0.15, 0.2) is 0 Å². The lowest BCUT2D eigenvalue weighted by atomic mass is 10.1. The number of nitrogens with one attached hydrogen (secondary N) is 1. The van der Waals surface area contributed by atoms with Gasteiger partial charge in [-0.3, -0.25) is 0 Å². The summed E-state index contributed by atoms with van der Waals surface area (Å²) in [6.45, 7) is 5.85. The molecule has 2 aromatic rings. The summed E-state index contributed by atoms with van der Waals surface area (Å²) in [4.78, 5) is 0. The van der Waals surface area contributed by atoms with Crippen molar-refractivity contribution < 1.29 is 4.74 Å². The van der Waals surface area contributed by atoms with Crippen LogP contribution in [-0.2, 0) is 6.54 Å². The summed E-state index contributed by atoms with van der Waals surface area (Å²) in [6.07, 6.45) is 3.56. The molecule has 22 heavy (non-hydrogen) atoms. The van der Waals surface area contributed by atoms with Crippen LogP contribution in [0.25, 0.3) is 0 Å². The number of hydrogen-bond donors (Lipinski definition) is 1. The molecule has 0 aromatic heterocycles. The lowest BCUT2D eigenvalue weighted by molar-refractivity contribution is 0.306. The second kappa shape index (κ2) is 8.70. The fourth-order valence-electron chi connectivity index (χ4n) is 2.23. The van der Waals surface area contributed by atoms with Crippen molar-refractivity contribution in [2.75, 3.05) is 11.9 Å². The molecule has 118 valence electrons. The number of anilines is 1. The van der Waals surface area contributed by atoms with Crippen LogP contribution in [0, 0.1) is 6.92 Å². The smallest absolute Gasteiger partial charge is 0.119 e. The molecule has 0 aliphatic rings. The average molecular weight is 318 g/mol. The molecule has 0 aliphatic heterocycles. The number of ether oxygens (including phenoxy) is 1. The lowest BCUT2D eigenvalue weighted by Crippen LogP contribution is -2.01. The Morgan fingerprint density at radius 1 is 1.05 bits per heavy atom. The van der Waals surface area contributed by atoms with Crippen LogP contribution in [0.15, 0.2) is 42.5 Å². The van der Waals surface area contributed by atoms with E-state index >= 15 is 0 Å². The zero-order chi connectivity index (χ0) is 15.8. The predicted molar refractivity (Wildman–Crippen MR) is 95.0 cm³/mol. The monoisotopic (exact) mass is 317 g/mol. The molecule has 0 bridgehead atoms. The van der Waals surface area contributed by atoms with Crippen LogP contribution in [0.1, 0.15) is 37.3 Å². The first kappa shape index (κ1) is 16.7. The highest BCUT2D eigenvalue weighted by atomic mass is 35.5. The molecule has 2 nitrogen and oxygen atoms in total. The number of rotatable bonds is 8. The minimum Gasteiger partial charge on any atom is -0.494 e. The van der Waals surface area contributed by atoms with Crippen molar-refractivity contribution in [3.63, 3.8) is 0 Å². The van der Waals surface area contributed by atoms with E-state index in [9.17, 15) is 0 Å². The molecule has 0 aliphatic carbocycles. The zero-order valence-electron chi connectivity index (χ0n) is 13.4. The molecule has 0 heterocycles. The second-order valence-electron chi connectivity index (χ2n) is 5.51. The number of hydrogen-bond acceptors (Lipinski definition) is 2. The highest BCUT2D eigenvalue weighted by Crippen LogP contribution is 2.21. The zero-order valence-corrected chi connectivity index (χ0v) is 14.1. The van der Waals surface area contributed by atoms with E-state index in [1.807, 2.05) is 30.3 Å². The summed E-state index contributed by atoms with van der Waals surface area (Å²) < 4.78 is 5.72. The SMILES string of the molecule is CCCCCOc1ccc(CNc2cc(Cl)ccc2C)cc1. The van der Waals surface area contributed by atoms with Gasteiger partial charge in [-0.15, -0.1) is 0 Å². The van der Waals surface area contributed by atoms with Gasteiger partial charge in [0.25, 0.3) is 0 Å². The lowest BCUT2D eigenvalue weighted by Gasteiger charge is -2.11. The molecule has 2 aromatic carbocycles. The van der Waals surface area contributed by atoms with Crippen molar-refractivity contribution in [3.8, 4) is 5.75 Å². The van der Waals surface area contributed by atoms with Gasteiger partial charge < -0.3 is 10.1 Å². The summed E-state index contributed by atoms with van der Waals surface area (Å²) in [6, 6.07) is 14.2. The van der Waals surface area contributed by atoms with Crippen molar-refractivity contribution in [1.82, 2.24) is 0 Å². The highest BCUT2D eigenvalue weighted by Gasteiger charge is 2.00. The third kappa shape index (κ3) is 5.27. The molecule has 0 radical (unpaired) electrons. The van der Waals surface area contributed by atoms with Crippen LogP contribution in [0.2, 0.25) is 5.02 Å². The molecule has 3 heteroatoms. The first-order chi connectivity index (χ1) is 10.7. The second-order valence-corrected chi connectivity index (χ2v) is 5.95. The molecule has 0 saturated heterocycles. The van der Waals surface area contributed by atoms with Gasteiger partial charge in [0, 0.05) is 17.3 Å². The molecule has 0 fully saturated rings. The van der Waals surface area contributed by atoms with Crippen LogP contribution < -0.4 is 10.1 Å². The Morgan fingerprint density at radius 2 is 1.82 bits per heavy atom. The van der Waals surface area contributed by atoms with Crippen molar-refractivity contribution in [3.05, 3.63) is 58.6 Å². The third-order valence-electron chi connectivity index (χ3n) is 3.62. The fraction of sp³-hybridized carbons (Fsp3) is 0.368. The Kier molecular flexibility index (Phi) is 6.60. The predicted octanol–water partition coefficient (Wildman–Crippen LogP) is 5.83. The number of halogens is 1. The van der Waals surface area contributed by atoms with E-state index in [0.717, 1.165) is 36.0 Å². The van der Waals surface area contributed by atoms with Crippen molar-refractivity contribution in [2.24, 2.45) is 0 Å². The van der Waals surface area contributed by atoms with Crippen LogP contribution >= 0.6 is 11.6 Å². The molecular formula is C19H24ClNO. The molecule has 2 rings (SSSR count). The maximum atomic E-state index is 6.03. The minimum absolute atomic E-state index is 0.754. The van der Waals surface area contributed by atoms with Gasteiger partial charge in [-0.2, -0.15) is 0 Å². The maximum Gasteiger partial charge on any atom is 0.119 e. The third-order valence-corrected chi connectivity index (χ3v) is 3.86. The number of benzene rings is 2. The van der Waals surface area contributed by atoms with E-state index in [2.05, 4.69) is 31.3 Å². The minimum atomic E-state index is 0.754. The topological polar surface area (TPSA) is 21.3 Å². The summed E-state index contributed by atoms with van der Waals surface area (Å²) in [7, 11) is 0. The summed E-state index contributed by atoms with van der Waals surface area (Å²) in [5.74, 6) is 0.943. The molecule has 0 amide bonds. The van der Waals surface area contributed by atoms with E-state index in [0.29, 0.717) is 0 Å². The summed E-state index contributed by atoms with van der Waals surface area (Å²) >= 11 is 6.03. The van der Waals surface area contributed by atoms with Gasteiger partial charge in [0.1, 0.15) is 5.75 Å². The normalized spacial score (nSPS) is 10.5. The molecule has 0 saturated carbocycles. The fourth-order valence-corrected chi connectivity index (χ4v) is 2.40. The summed E-state index contributed by atoms with van der Waals surface area (Å²) in [5.41, 5.74) is 3.49. The van der Waals surface area contributed by atoms with E-state index in [-0.39, 0.29) is 0 Å². The van der Waals surface area contributed by atoms with Crippen molar-refractivity contribution in [2.45, 2.75) is 39.7 Å². The van der Waals surface area contributed by atoms with E-state index in [1.54, 1.807) is 0 Å². The van der Waals surface area contributed by atoms with Gasteiger partial charge >= 0.3 is 0 Å². The largest absolute Gasteiger partial charge is 0.494 e. The molecule has 0 spiro atoms. The van der Waals surface area contributed by atoms with Crippen LogP contribution in [0.4, 0.5) is 5.69 Å². The standard InChI is InChI=1S/C19H24ClNO/c1-3-4-5-12-22-18-10-7-16(8-11-18)14-21-19-13-17(20)9-6-15(19)2/h6-11,13,21H,3-5,12,14H2,1-2H3. The van der Waals surface area contributed by atoms with Gasteiger partial charge in [-0.1, -0.05) is 49.6 Å². The highest BCUT2D eigenvalue weighted by molar-refractivity contribution is 6.30. The number of unbranched alkanes of at least 4 members (excludes halogenated alkanes) is 2. The first-order valence-electron chi connectivity index (χ1n) is 7.91. The molecule has 1 N–H and O–H groups in total. The Balaban J connectivity index is 1.84. The quantitative estimate of drug-likeness (QED) is 0.618. The van der Waals surface area contributed by atoms with Gasteiger partial charge in [0.05, 0.1) is 6.61 Å². The molecule has 0 unspecified atom stereocenters. The van der Waals surface area contributed by atoms with Crippen LogP contribution in [0.3, 0.4) is 0 Å². The van der Waals surface area contributed by atoms with Crippen LogP contribution in [0.5, 0.6) is 5.75 Å². The van der Waals surface area contributed by atoms with Gasteiger partial charge in [-0.05, 0) is 48.7 Å². The Bertz CT molecular complexity index is 580. The van der Waals surface area contributed by atoms with Crippen LogP contribution in [-0.4, -0.2) is 6.61 Å². The molecular weight excluding hydrogens is 294 g/mol. The van der Waals surface area contributed by atoms with Gasteiger partial charge in [-0.25, -0.2) is 0 Å². The summed E-state index contributed by atoms with van der Waals surface area (Å²) in [5, 5.41) is 4.18. The maximum absolute atomic E-state index is 6.03. The van der Waals surface area contributed by atoms with E-state index < -0.39 is 0 Å². The Labute approximate surface area is 138 Å². The number of aryl methyl sites for hydroxylation is 1. The van der Waals surface area contributed by atoms with Gasteiger partial charge in [0.2, 0.25) is 0 Å². The van der Waals surface area contributed by atoms with E-state index in [1.165, 1.54) is 24.0 Å². The Hall–Kier alpha value is -1.67. The average Bonchev–Trinajstić information content (AvgIpc) is 2.53. The molecule has 0 atom stereocenters. The van der Waals surface area contributed by atoms with Crippen molar-refractivity contribution in [1.29, 1.82) is 0 Å². The first-order valence-corrected chi connectivity index (χ1v) is 8.28. The van der Waals surface area contributed by atoms with E-state index in [4.69, 9.17) is 16.3 Å².